The van der Waals surface area contributed by atoms with Gasteiger partial charge in [0.05, 0.1) is 4.90 Å². The average Bonchev–Trinajstić information content (AvgIpc) is 2.67. The lowest BCUT2D eigenvalue weighted by molar-refractivity contribution is -0.0443. The number of thioether (sulfide) groups is 1. The molecule has 1 aromatic carbocycles. The Hall–Kier alpha value is -1.03. The SMILES string of the molecule is CSc1c2c(cc3c1OC(C)(C)O3)CC(C)(C)O2. The van der Waals surface area contributed by atoms with E-state index in [1.165, 1.54) is 5.56 Å². The maximum absolute atomic E-state index is 6.05. The van der Waals surface area contributed by atoms with Gasteiger partial charge in [-0.15, -0.1) is 11.8 Å². The Kier molecular flexibility index (Phi) is 2.34. The van der Waals surface area contributed by atoms with Crippen LogP contribution in [-0.4, -0.2) is 17.6 Å². The Morgan fingerprint density at radius 1 is 1.06 bits per heavy atom. The molecule has 2 aliphatic rings. The molecular weight excluding hydrogens is 248 g/mol. The molecule has 2 aliphatic heterocycles. The second-order valence-electron chi connectivity index (χ2n) is 5.87. The van der Waals surface area contributed by atoms with Crippen molar-refractivity contribution in [2.75, 3.05) is 6.26 Å². The predicted molar refractivity (Wildman–Crippen MR) is 72.0 cm³/mol. The molecule has 0 saturated heterocycles. The van der Waals surface area contributed by atoms with Gasteiger partial charge in [-0.2, -0.15) is 0 Å². The Labute approximate surface area is 112 Å². The van der Waals surface area contributed by atoms with Crippen molar-refractivity contribution in [2.24, 2.45) is 0 Å². The molecule has 0 unspecified atom stereocenters. The van der Waals surface area contributed by atoms with Crippen LogP contribution in [0.3, 0.4) is 0 Å². The van der Waals surface area contributed by atoms with Crippen LogP contribution in [0.15, 0.2) is 11.0 Å². The molecule has 0 saturated carbocycles. The first kappa shape index (κ1) is 12.0. The van der Waals surface area contributed by atoms with Crippen molar-refractivity contribution in [3.63, 3.8) is 0 Å². The first-order valence-corrected chi connectivity index (χ1v) is 7.35. The van der Waals surface area contributed by atoms with Gasteiger partial charge < -0.3 is 14.2 Å². The van der Waals surface area contributed by atoms with E-state index in [0.717, 1.165) is 28.6 Å². The van der Waals surface area contributed by atoms with Crippen molar-refractivity contribution in [1.29, 1.82) is 0 Å². The number of ether oxygens (including phenoxy) is 3. The first-order chi connectivity index (χ1) is 8.31. The van der Waals surface area contributed by atoms with Crippen molar-refractivity contribution in [3.8, 4) is 17.2 Å². The molecule has 3 rings (SSSR count). The van der Waals surface area contributed by atoms with Gasteiger partial charge in [0, 0.05) is 25.8 Å². The van der Waals surface area contributed by atoms with Crippen molar-refractivity contribution in [2.45, 2.75) is 50.4 Å². The van der Waals surface area contributed by atoms with Crippen LogP contribution in [0, 0.1) is 0 Å². The molecule has 0 N–H and O–H groups in total. The molecule has 2 heterocycles. The normalized spacial score (nSPS) is 21.6. The van der Waals surface area contributed by atoms with Crippen LogP contribution in [0.4, 0.5) is 0 Å². The zero-order valence-corrected chi connectivity index (χ0v) is 12.2. The third-order valence-corrected chi connectivity index (χ3v) is 3.91. The lowest BCUT2D eigenvalue weighted by Crippen LogP contribution is -2.30. The van der Waals surface area contributed by atoms with Crippen LogP contribution in [0.25, 0.3) is 0 Å². The number of hydrogen-bond acceptors (Lipinski definition) is 4. The molecule has 18 heavy (non-hydrogen) atoms. The van der Waals surface area contributed by atoms with E-state index in [0.29, 0.717) is 0 Å². The van der Waals surface area contributed by atoms with Crippen LogP contribution in [0.1, 0.15) is 33.3 Å². The molecule has 4 heteroatoms. The fraction of sp³-hybridized carbons (Fsp3) is 0.571. The van der Waals surface area contributed by atoms with Crippen molar-refractivity contribution >= 4 is 11.8 Å². The summed E-state index contributed by atoms with van der Waals surface area (Å²) in [6.45, 7) is 8.06. The highest BCUT2D eigenvalue weighted by Gasteiger charge is 2.40. The summed E-state index contributed by atoms with van der Waals surface area (Å²) in [7, 11) is 0. The van der Waals surface area contributed by atoms with Gasteiger partial charge in [-0.3, -0.25) is 0 Å². The molecule has 0 atom stereocenters. The summed E-state index contributed by atoms with van der Waals surface area (Å²) in [5.41, 5.74) is 1.07. The Balaban J connectivity index is 2.14. The monoisotopic (exact) mass is 266 g/mol. The molecule has 0 aliphatic carbocycles. The van der Waals surface area contributed by atoms with Gasteiger partial charge in [0.15, 0.2) is 11.5 Å². The quantitative estimate of drug-likeness (QED) is 0.725. The summed E-state index contributed by atoms with van der Waals surface area (Å²) in [4.78, 5) is 1.05. The topological polar surface area (TPSA) is 27.7 Å². The van der Waals surface area contributed by atoms with Crippen molar-refractivity contribution in [1.82, 2.24) is 0 Å². The van der Waals surface area contributed by atoms with Gasteiger partial charge in [-0.25, -0.2) is 0 Å². The third kappa shape index (κ3) is 1.74. The Morgan fingerprint density at radius 2 is 1.78 bits per heavy atom. The zero-order chi connectivity index (χ0) is 13.1. The second-order valence-corrected chi connectivity index (χ2v) is 6.68. The van der Waals surface area contributed by atoms with Gasteiger partial charge in [0.1, 0.15) is 11.4 Å². The number of hydrogen-bond donors (Lipinski definition) is 0. The van der Waals surface area contributed by atoms with Crippen LogP contribution < -0.4 is 14.2 Å². The highest BCUT2D eigenvalue weighted by atomic mass is 32.2. The summed E-state index contributed by atoms with van der Waals surface area (Å²) in [6.07, 6.45) is 2.95. The minimum Gasteiger partial charge on any atom is -0.486 e. The molecule has 1 aromatic rings. The van der Waals surface area contributed by atoms with E-state index in [2.05, 4.69) is 19.9 Å². The Bertz CT molecular complexity index is 478. The summed E-state index contributed by atoms with van der Waals surface area (Å²) in [6, 6.07) is 2.06. The van der Waals surface area contributed by atoms with E-state index < -0.39 is 5.79 Å². The zero-order valence-electron chi connectivity index (χ0n) is 11.4. The smallest absolute Gasteiger partial charge is 0.246 e. The summed E-state index contributed by atoms with van der Waals surface area (Å²) < 4.78 is 17.8. The molecule has 0 aromatic heterocycles. The lowest BCUT2D eigenvalue weighted by Gasteiger charge is -2.19. The molecular formula is C14H18O3S. The van der Waals surface area contributed by atoms with E-state index in [9.17, 15) is 0 Å². The fourth-order valence-corrected chi connectivity index (χ4v) is 3.24. The van der Waals surface area contributed by atoms with Gasteiger partial charge >= 0.3 is 0 Å². The fourth-order valence-electron chi connectivity index (χ4n) is 2.55. The molecule has 0 radical (unpaired) electrons. The van der Waals surface area contributed by atoms with E-state index in [-0.39, 0.29) is 5.60 Å². The summed E-state index contributed by atoms with van der Waals surface area (Å²) >= 11 is 1.65. The molecule has 0 bridgehead atoms. The average molecular weight is 266 g/mol. The van der Waals surface area contributed by atoms with Crippen molar-refractivity contribution in [3.05, 3.63) is 11.6 Å². The highest BCUT2D eigenvalue weighted by Crippen LogP contribution is 2.54. The lowest BCUT2D eigenvalue weighted by atomic mass is 10.0. The minimum absolute atomic E-state index is 0.141. The maximum atomic E-state index is 6.05. The number of fused-ring (bicyclic) bond motifs is 2. The summed E-state index contributed by atoms with van der Waals surface area (Å²) in [5.74, 6) is 2.04. The van der Waals surface area contributed by atoms with Crippen LogP contribution in [0.2, 0.25) is 0 Å². The number of rotatable bonds is 1. The van der Waals surface area contributed by atoms with Gasteiger partial charge in [0.2, 0.25) is 5.79 Å². The van der Waals surface area contributed by atoms with E-state index in [4.69, 9.17) is 14.2 Å². The predicted octanol–water partition coefficient (Wildman–Crippen LogP) is 3.63. The van der Waals surface area contributed by atoms with Crippen LogP contribution in [-0.2, 0) is 6.42 Å². The number of benzene rings is 1. The van der Waals surface area contributed by atoms with Crippen LogP contribution >= 0.6 is 11.8 Å². The molecule has 98 valence electrons. The molecule has 0 amide bonds. The largest absolute Gasteiger partial charge is 0.486 e. The summed E-state index contributed by atoms with van der Waals surface area (Å²) in [5, 5.41) is 0. The molecule has 0 fully saturated rings. The molecule has 3 nitrogen and oxygen atoms in total. The van der Waals surface area contributed by atoms with Gasteiger partial charge in [-0.05, 0) is 26.2 Å². The van der Waals surface area contributed by atoms with E-state index >= 15 is 0 Å². The van der Waals surface area contributed by atoms with Gasteiger partial charge in [-0.1, -0.05) is 0 Å². The highest BCUT2D eigenvalue weighted by molar-refractivity contribution is 7.98. The first-order valence-electron chi connectivity index (χ1n) is 6.12. The van der Waals surface area contributed by atoms with E-state index in [1.54, 1.807) is 11.8 Å². The minimum atomic E-state index is -0.586. The van der Waals surface area contributed by atoms with Gasteiger partial charge in [0.25, 0.3) is 0 Å². The van der Waals surface area contributed by atoms with Crippen LogP contribution in [0.5, 0.6) is 17.2 Å². The van der Waals surface area contributed by atoms with Crippen molar-refractivity contribution < 1.29 is 14.2 Å². The maximum Gasteiger partial charge on any atom is 0.246 e. The third-order valence-electron chi connectivity index (χ3n) is 3.14. The Morgan fingerprint density at radius 3 is 2.44 bits per heavy atom. The molecule has 0 spiro atoms. The second kappa shape index (κ2) is 3.50. The van der Waals surface area contributed by atoms with E-state index in [1.807, 2.05) is 20.1 Å². The standard InChI is InChI=1S/C14H18O3S/c1-13(2)7-8-6-9-11(17-14(3,4)15-9)12(18-5)10(8)16-13/h6H,7H2,1-5H3.